The van der Waals surface area contributed by atoms with Crippen LogP contribution in [0.25, 0.3) is 0 Å². The van der Waals surface area contributed by atoms with E-state index < -0.39 is 17.9 Å². The van der Waals surface area contributed by atoms with Crippen LogP contribution in [0, 0.1) is 5.92 Å². The van der Waals surface area contributed by atoms with E-state index in [1.54, 1.807) is 6.92 Å². The van der Waals surface area contributed by atoms with E-state index in [4.69, 9.17) is 10.2 Å². The molecular weight excluding hydrogens is 224 g/mol. The van der Waals surface area contributed by atoms with Crippen molar-refractivity contribution >= 4 is 11.9 Å². The van der Waals surface area contributed by atoms with Crippen LogP contribution < -0.4 is 0 Å². The molecule has 2 N–H and O–H groups in total. The lowest BCUT2D eigenvalue weighted by atomic mass is 9.93. The molecular formula is C12H20O5. The molecule has 17 heavy (non-hydrogen) atoms. The Hall–Kier alpha value is -1.36. The molecule has 0 radical (unpaired) electrons. The number of unbranched alkanes of at least 4 members (excludes halogenated alkanes) is 1. The summed E-state index contributed by atoms with van der Waals surface area (Å²) in [6, 6.07) is 0. The highest BCUT2D eigenvalue weighted by molar-refractivity contribution is 5.93. The molecule has 2 atom stereocenters. The van der Waals surface area contributed by atoms with Gasteiger partial charge in [0.2, 0.25) is 0 Å². The van der Waals surface area contributed by atoms with Crippen LogP contribution in [0.5, 0.6) is 0 Å². The fourth-order valence-electron chi connectivity index (χ4n) is 1.51. The number of hydrogen-bond donors (Lipinski definition) is 2. The van der Waals surface area contributed by atoms with Crippen LogP contribution in [0.15, 0.2) is 12.2 Å². The van der Waals surface area contributed by atoms with Crippen LogP contribution in [0.2, 0.25) is 0 Å². The van der Waals surface area contributed by atoms with E-state index in [1.807, 2.05) is 0 Å². The summed E-state index contributed by atoms with van der Waals surface area (Å²) in [6.07, 6.45) is 2.02. The van der Waals surface area contributed by atoms with E-state index in [0.29, 0.717) is 19.3 Å². The first-order valence-electron chi connectivity index (χ1n) is 5.58. The number of ether oxygens (including phenoxy) is 1. The number of esters is 1. The maximum Gasteiger partial charge on any atom is 0.331 e. The highest BCUT2D eigenvalue weighted by Gasteiger charge is 2.26. The summed E-state index contributed by atoms with van der Waals surface area (Å²) in [5.74, 6) is -2.56. The molecule has 0 saturated heterocycles. The average Bonchev–Trinajstić information content (AvgIpc) is 2.27. The first-order valence-corrected chi connectivity index (χ1v) is 5.58. The quantitative estimate of drug-likeness (QED) is 0.382. The van der Waals surface area contributed by atoms with Crippen LogP contribution in [-0.4, -0.2) is 35.4 Å². The van der Waals surface area contributed by atoms with Crippen LogP contribution >= 0.6 is 0 Å². The van der Waals surface area contributed by atoms with Gasteiger partial charge in [-0.1, -0.05) is 19.4 Å². The number of aliphatic hydroxyl groups excluding tert-OH is 1. The number of aliphatic hydroxyl groups is 1. The molecule has 0 fully saturated rings. The predicted octanol–water partition coefficient (Wildman–Crippen LogP) is 1.36. The second-order valence-electron chi connectivity index (χ2n) is 4.04. The molecule has 0 aliphatic heterocycles. The average molecular weight is 244 g/mol. The zero-order valence-electron chi connectivity index (χ0n) is 10.3. The summed E-state index contributed by atoms with van der Waals surface area (Å²) < 4.78 is 4.55. The molecule has 0 unspecified atom stereocenters. The monoisotopic (exact) mass is 244 g/mol. The van der Waals surface area contributed by atoms with E-state index in [9.17, 15) is 9.59 Å². The summed E-state index contributed by atoms with van der Waals surface area (Å²) in [5, 5.41) is 17.9. The zero-order chi connectivity index (χ0) is 13.4. The number of carbonyl (C=O) groups is 2. The van der Waals surface area contributed by atoms with Crippen molar-refractivity contribution in [1.29, 1.82) is 0 Å². The Morgan fingerprint density at radius 2 is 1.82 bits per heavy atom. The molecule has 0 bridgehead atoms. The predicted molar refractivity (Wildman–Crippen MR) is 62.4 cm³/mol. The van der Waals surface area contributed by atoms with E-state index in [2.05, 4.69) is 11.3 Å². The van der Waals surface area contributed by atoms with E-state index >= 15 is 0 Å². The summed E-state index contributed by atoms with van der Waals surface area (Å²) in [5.41, 5.74) is -0.145. The van der Waals surface area contributed by atoms with Crippen LogP contribution in [0.1, 0.15) is 32.6 Å². The third-order valence-electron chi connectivity index (χ3n) is 2.55. The minimum Gasteiger partial charge on any atom is -0.478 e. The number of carboxylic acids is 1. The Morgan fingerprint density at radius 1 is 1.29 bits per heavy atom. The van der Waals surface area contributed by atoms with E-state index in [-0.39, 0.29) is 11.7 Å². The first-order chi connectivity index (χ1) is 7.90. The van der Waals surface area contributed by atoms with Gasteiger partial charge < -0.3 is 14.9 Å². The van der Waals surface area contributed by atoms with Gasteiger partial charge >= 0.3 is 11.9 Å². The molecule has 5 nitrogen and oxygen atoms in total. The van der Waals surface area contributed by atoms with Crippen molar-refractivity contribution in [2.75, 3.05) is 7.11 Å². The molecule has 0 aliphatic carbocycles. The first kappa shape index (κ1) is 15.6. The smallest absolute Gasteiger partial charge is 0.331 e. The van der Waals surface area contributed by atoms with Crippen molar-refractivity contribution in [3.8, 4) is 0 Å². The molecule has 0 heterocycles. The SMILES string of the molecule is C=C(C(=O)O)[C@@H](CCCC[C@H](C)O)C(=O)OC. The summed E-state index contributed by atoms with van der Waals surface area (Å²) in [4.78, 5) is 22.1. The number of rotatable bonds is 8. The summed E-state index contributed by atoms with van der Waals surface area (Å²) in [6.45, 7) is 5.08. The number of aliphatic carboxylic acids is 1. The van der Waals surface area contributed by atoms with Crippen molar-refractivity contribution in [2.45, 2.75) is 38.7 Å². The van der Waals surface area contributed by atoms with Crippen molar-refractivity contribution in [3.05, 3.63) is 12.2 Å². The zero-order valence-corrected chi connectivity index (χ0v) is 10.3. The van der Waals surface area contributed by atoms with Crippen LogP contribution in [0.3, 0.4) is 0 Å². The Labute approximate surface area is 101 Å². The van der Waals surface area contributed by atoms with Gasteiger partial charge in [-0.15, -0.1) is 0 Å². The Kier molecular flexibility index (Phi) is 7.21. The molecule has 98 valence electrons. The van der Waals surface area contributed by atoms with E-state index in [0.717, 1.165) is 6.42 Å². The lowest BCUT2D eigenvalue weighted by molar-refractivity contribution is -0.146. The lowest BCUT2D eigenvalue weighted by Crippen LogP contribution is -2.22. The van der Waals surface area contributed by atoms with Gasteiger partial charge in [0.05, 0.1) is 19.1 Å². The third-order valence-corrected chi connectivity index (χ3v) is 2.55. The van der Waals surface area contributed by atoms with Gasteiger partial charge in [0.1, 0.15) is 0 Å². The highest BCUT2D eigenvalue weighted by Crippen LogP contribution is 2.19. The second kappa shape index (κ2) is 7.84. The number of carbonyl (C=O) groups excluding carboxylic acids is 1. The maximum atomic E-state index is 11.4. The largest absolute Gasteiger partial charge is 0.478 e. The lowest BCUT2D eigenvalue weighted by Gasteiger charge is -2.14. The molecule has 0 aromatic carbocycles. The Morgan fingerprint density at radius 3 is 2.24 bits per heavy atom. The number of hydrogen-bond acceptors (Lipinski definition) is 4. The second-order valence-corrected chi connectivity index (χ2v) is 4.04. The van der Waals surface area contributed by atoms with Gasteiger partial charge in [0.15, 0.2) is 0 Å². The molecule has 0 spiro atoms. The van der Waals surface area contributed by atoms with Crippen molar-refractivity contribution in [2.24, 2.45) is 5.92 Å². The maximum absolute atomic E-state index is 11.4. The van der Waals surface area contributed by atoms with Gasteiger partial charge in [0.25, 0.3) is 0 Å². The Bertz CT molecular complexity index is 283. The summed E-state index contributed by atoms with van der Waals surface area (Å²) in [7, 11) is 1.22. The van der Waals surface area contributed by atoms with Crippen molar-refractivity contribution < 1.29 is 24.5 Å². The number of carboxylic acid groups (broad SMARTS) is 1. The molecule has 5 heteroatoms. The molecule has 0 amide bonds. The molecule has 0 aromatic heterocycles. The summed E-state index contributed by atoms with van der Waals surface area (Å²) >= 11 is 0. The van der Waals surface area contributed by atoms with Gasteiger partial charge in [-0.2, -0.15) is 0 Å². The highest BCUT2D eigenvalue weighted by atomic mass is 16.5. The number of methoxy groups -OCH3 is 1. The standard InChI is InChI=1S/C12H20O5/c1-8(13)6-4-5-7-10(12(16)17-3)9(2)11(14)15/h8,10,13H,2,4-7H2,1,3H3,(H,14,15)/t8-,10+/m0/s1. The van der Waals surface area contributed by atoms with Gasteiger partial charge in [0, 0.05) is 5.57 Å². The molecule has 0 aliphatic rings. The van der Waals surface area contributed by atoms with Crippen LogP contribution in [0.4, 0.5) is 0 Å². The van der Waals surface area contributed by atoms with E-state index in [1.165, 1.54) is 7.11 Å². The third kappa shape index (κ3) is 6.06. The van der Waals surface area contributed by atoms with Crippen molar-refractivity contribution in [1.82, 2.24) is 0 Å². The normalized spacial score (nSPS) is 13.8. The molecule has 0 aromatic rings. The minimum absolute atomic E-state index is 0.145. The Balaban J connectivity index is 4.26. The van der Waals surface area contributed by atoms with Gasteiger partial charge in [-0.25, -0.2) is 4.79 Å². The van der Waals surface area contributed by atoms with Crippen molar-refractivity contribution in [3.63, 3.8) is 0 Å². The van der Waals surface area contributed by atoms with Gasteiger partial charge in [-0.05, 0) is 19.8 Å². The van der Waals surface area contributed by atoms with Gasteiger partial charge in [-0.3, -0.25) is 4.79 Å². The fourth-order valence-corrected chi connectivity index (χ4v) is 1.51. The molecule has 0 rings (SSSR count). The van der Waals surface area contributed by atoms with Crippen LogP contribution in [-0.2, 0) is 14.3 Å². The fraction of sp³-hybridized carbons (Fsp3) is 0.667. The topological polar surface area (TPSA) is 83.8 Å². The molecule has 0 saturated carbocycles. The minimum atomic E-state index is -1.18.